The van der Waals surface area contributed by atoms with Crippen LogP contribution in [0, 0.1) is 5.82 Å². The zero-order chi connectivity index (χ0) is 22.5. The van der Waals surface area contributed by atoms with E-state index in [-0.39, 0.29) is 30.2 Å². The molecule has 0 saturated carbocycles. The van der Waals surface area contributed by atoms with Crippen molar-refractivity contribution >= 4 is 17.5 Å². The van der Waals surface area contributed by atoms with E-state index in [0.29, 0.717) is 22.7 Å². The van der Waals surface area contributed by atoms with Crippen LogP contribution in [0.5, 0.6) is 5.75 Å². The molecule has 31 heavy (non-hydrogen) atoms. The fourth-order valence-electron chi connectivity index (χ4n) is 2.98. The Balaban J connectivity index is 1.74. The summed E-state index contributed by atoms with van der Waals surface area (Å²) in [6.07, 6.45) is 1.51. The van der Waals surface area contributed by atoms with E-state index in [9.17, 15) is 14.0 Å². The number of halogens is 1. The molecule has 2 aromatic carbocycles. The Labute approximate surface area is 180 Å². The van der Waals surface area contributed by atoms with Crippen LogP contribution in [0.2, 0.25) is 0 Å². The summed E-state index contributed by atoms with van der Waals surface area (Å²) in [7, 11) is 3.32. The van der Waals surface area contributed by atoms with Crippen LogP contribution in [0.4, 0.5) is 10.1 Å². The molecule has 0 aliphatic carbocycles. The Hall–Kier alpha value is -3.68. The van der Waals surface area contributed by atoms with Gasteiger partial charge >= 0.3 is 0 Å². The number of carbonyl (C=O) groups is 2. The lowest BCUT2D eigenvalue weighted by Crippen LogP contribution is -2.27. The zero-order valence-corrected chi connectivity index (χ0v) is 17.9. The molecule has 1 N–H and O–H groups in total. The topological polar surface area (TPSA) is 76.5 Å². The Morgan fingerprint density at radius 1 is 1.10 bits per heavy atom. The number of amides is 2. The molecule has 0 bridgehead atoms. The van der Waals surface area contributed by atoms with Crippen molar-refractivity contribution in [2.45, 2.75) is 19.8 Å². The van der Waals surface area contributed by atoms with Crippen LogP contribution < -0.4 is 10.1 Å². The summed E-state index contributed by atoms with van der Waals surface area (Å²) in [5.74, 6) is -0.234. The summed E-state index contributed by atoms with van der Waals surface area (Å²) in [5, 5.41) is 7.20. The molecule has 3 rings (SSSR count). The van der Waals surface area contributed by atoms with Crippen LogP contribution in [0.25, 0.3) is 5.69 Å². The molecule has 162 valence electrons. The van der Waals surface area contributed by atoms with Crippen LogP contribution in [0.3, 0.4) is 0 Å². The molecule has 1 heterocycles. The fourth-order valence-corrected chi connectivity index (χ4v) is 2.98. The van der Waals surface area contributed by atoms with Crippen LogP contribution >= 0.6 is 0 Å². The van der Waals surface area contributed by atoms with E-state index in [2.05, 4.69) is 10.4 Å². The standard InChI is InChI=1S/C23H25FN4O3/c1-15(2)22-20(13-25-28(22)18-9-5-16(24)6-10-18)23(30)26-17-7-11-19(12-8-17)31-14-21(29)27(3)4/h5-13,15H,14H2,1-4H3,(H,26,30). The summed E-state index contributed by atoms with van der Waals surface area (Å²) in [6, 6.07) is 12.7. The van der Waals surface area contributed by atoms with Crippen molar-refractivity contribution in [1.29, 1.82) is 0 Å². The summed E-state index contributed by atoms with van der Waals surface area (Å²) in [5.41, 5.74) is 2.43. The third-order valence-electron chi connectivity index (χ3n) is 4.64. The van der Waals surface area contributed by atoms with E-state index in [1.165, 1.54) is 23.2 Å². The van der Waals surface area contributed by atoms with Crippen LogP contribution in [-0.2, 0) is 4.79 Å². The number of aromatic nitrogens is 2. The molecule has 2 amide bonds. The first-order chi connectivity index (χ1) is 14.8. The molecule has 0 spiro atoms. The van der Waals surface area contributed by atoms with Crippen LogP contribution in [0.15, 0.2) is 54.7 Å². The summed E-state index contributed by atoms with van der Waals surface area (Å²) in [6.45, 7) is 3.88. The lowest BCUT2D eigenvalue weighted by molar-refractivity contribution is -0.130. The molecule has 0 saturated heterocycles. The monoisotopic (exact) mass is 424 g/mol. The predicted molar refractivity (Wildman–Crippen MR) is 116 cm³/mol. The number of anilines is 1. The fraction of sp³-hybridized carbons (Fsp3) is 0.261. The van der Waals surface area contributed by atoms with Gasteiger partial charge in [-0.1, -0.05) is 13.8 Å². The lowest BCUT2D eigenvalue weighted by Gasteiger charge is -2.13. The van der Waals surface area contributed by atoms with Crippen molar-refractivity contribution in [2.24, 2.45) is 0 Å². The Morgan fingerprint density at radius 2 is 1.74 bits per heavy atom. The second-order valence-electron chi connectivity index (χ2n) is 7.54. The third-order valence-corrected chi connectivity index (χ3v) is 4.64. The summed E-state index contributed by atoms with van der Waals surface area (Å²) in [4.78, 5) is 26.0. The molecule has 0 atom stereocenters. The SMILES string of the molecule is CC(C)c1c(C(=O)Nc2ccc(OCC(=O)N(C)C)cc2)cnn1-c1ccc(F)cc1. The molecule has 7 nitrogen and oxygen atoms in total. The number of carbonyl (C=O) groups excluding carboxylic acids is 2. The minimum absolute atomic E-state index is 0.0123. The van der Waals surface area contributed by atoms with Gasteiger partial charge in [-0.05, 0) is 54.4 Å². The molecular weight excluding hydrogens is 399 g/mol. The molecule has 3 aromatic rings. The number of nitrogens with one attached hydrogen (secondary N) is 1. The molecule has 0 aliphatic heterocycles. The van der Waals surface area contributed by atoms with Gasteiger partial charge in [0.05, 0.1) is 23.1 Å². The maximum absolute atomic E-state index is 13.3. The normalized spacial score (nSPS) is 10.8. The van der Waals surface area contributed by atoms with Crippen molar-refractivity contribution in [3.8, 4) is 11.4 Å². The smallest absolute Gasteiger partial charge is 0.259 e. The number of ether oxygens (including phenoxy) is 1. The van der Waals surface area contributed by atoms with E-state index in [4.69, 9.17) is 4.74 Å². The summed E-state index contributed by atoms with van der Waals surface area (Å²) < 4.78 is 20.4. The Bertz CT molecular complexity index is 1060. The maximum atomic E-state index is 13.3. The second kappa shape index (κ2) is 9.42. The third kappa shape index (κ3) is 5.28. The highest BCUT2D eigenvalue weighted by molar-refractivity contribution is 6.05. The van der Waals surface area contributed by atoms with Gasteiger partial charge in [-0.25, -0.2) is 9.07 Å². The van der Waals surface area contributed by atoms with E-state index in [0.717, 1.165) is 5.69 Å². The molecule has 1 aromatic heterocycles. The van der Waals surface area contributed by atoms with Gasteiger partial charge in [0.2, 0.25) is 0 Å². The van der Waals surface area contributed by atoms with Gasteiger partial charge in [0.1, 0.15) is 11.6 Å². The quantitative estimate of drug-likeness (QED) is 0.625. The number of rotatable bonds is 7. The van der Waals surface area contributed by atoms with Gasteiger partial charge in [-0.15, -0.1) is 0 Å². The zero-order valence-electron chi connectivity index (χ0n) is 17.9. The highest BCUT2D eigenvalue weighted by atomic mass is 19.1. The predicted octanol–water partition coefficient (Wildman–Crippen LogP) is 3.85. The number of hydrogen-bond acceptors (Lipinski definition) is 4. The molecule has 0 aliphatic rings. The Kier molecular flexibility index (Phi) is 6.69. The largest absolute Gasteiger partial charge is 0.484 e. The number of hydrogen-bond donors (Lipinski definition) is 1. The van der Waals surface area contributed by atoms with Crippen LogP contribution in [-0.4, -0.2) is 47.2 Å². The van der Waals surface area contributed by atoms with Gasteiger partial charge in [0, 0.05) is 19.8 Å². The highest BCUT2D eigenvalue weighted by Crippen LogP contribution is 2.24. The van der Waals surface area contributed by atoms with Crippen molar-refractivity contribution < 1.29 is 18.7 Å². The van der Waals surface area contributed by atoms with Gasteiger partial charge in [0.15, 0.2) is 6.61 Å². The average Bonchev–Trinajstić information content (AvgIpc) is 3.19. The number of nitrogens with zero attached hydrogens (tertiary/aromatic N) is 3. The maximum Gasteiger partial charge on any atom is 0.259 e. The van der Waals surface area contributed by atoms with Gasteiger partial charge in [-0.2, -0.15) is 5.10 Å². The van der Waals surface area contributed by atoms with Crippen molar-refractivity contribution in [1.82, 2.24) is 14.7 Å². The first-order valence-corrected chi connectivity index (χ1v) is 9.84. The van der Waals surface area contributed by atoms with E-state index < -0.39 is 0 Å². The van der Waals surface area contributed by atoms with Gasteiger partial charge in [-0.3, -0.25) is 9.59 Å². The highest BCUT2D eigenvalue weighted by Gasteiger charge is 2.21. The van der Waals surface area contributed by atoms with Gasteiger partial charge in [0.25, 0.3) is 11.8 Å². The van der Waals surface area contributed by atoms with Crippen molar-refractivity contribution in [3.05, 3.63) is 71.8 Å². The second-order valence-corrected chi connectivity index (χ2v) is 7.54. The molecule has 0 radical (unpaired) electrons. The van der Waals surface area contributed by atoms with Crippen molar-refractivity contribution in [3.63, 3.8) is 0 Å². The average molecular weight is 424 g/mol. The molecular formula is C23H25FN4O3. The number of likely N-dealkylation sites (N-methyl/N-ethyl adjacent to an activating group) is 1. The minimum Gasteiger partial charge on any atom is -0.484 e. The summed E-state index contributed by atoms with van der Waals surface area (Å²) >= 11 is 0. The van der Waals surface area contributed by atoms with E-state index >= 15 is 0 Å². The minimum atomic E-state index is -0.335. The van der Waals surface area contributed by atoms with Gasteiger partial charge < -0.3 is 15.0 Å². The van der Waals surface area contributed by atoms with E-state index in [1.54, 1.807) is 55.2 Å². The molecule has 0 unspecified atom stereocenters. The number of benzene rings is 2. The lowest BCUT2D eigenvalue weighted by atomic mass is 10.0. The van der Waals surface area contributed by atoms with Crippen LogP contribution in [0.1, 0.15) is 35.8 Å². The van der Waals surface area contributed by atoms with E-state index in [1.807, 2.05) is 13.8 Å². The first-order valence-electron chi connectivity index (χ1n) is 9.84. The first kappa shape index (κ1) is 22.0. The van der Waals surface area contributed by atoms with Crippen molar-refractivity contribution in [2.75, 3.05) is 26.0 Å². The molecule has 8 heteroatoms. The Morgan fingerprint density at radius 3 is 2.32 bits per heavy atom. The molecule has 0 fully saturated rings.